The summed E-state index contributed by atoms with van der Waals surface area (Å²) in [4.78, 5) is 0. The molecule has 18 heavy (non-hydrogen) atoms. The Morgan fingerprint density at radius 3 is 2.39 bits per heavy atom. The first-order valence-corrected chi connectivity index (χ1v) is 6.82. The lowest BCUT2D eigenvalue weighted by Gasteiger charge is -2.18. The predicted molar refractivity (Wildman–Crippen MR) is 78.0 cm³/mol. The molecule has 2 nitrogen and oxygen atoms in total. The molecule has 0 radical (unpaired) electrons. The van der Waals surface area contributed by atoms with Crippen LogP contribution in [0.2, 0.25) is 0 Å². The molecule has 1 heterocycles. The van der Waals surface area contributed by atoms with Crippen molar-refractivity contribution >= 4 is 15.9 Å². The zero-order valence-corrected chi connectivity index (χ0v) is 12.8. The van der Waals surface area contributed by atoms with Crippen LogP contribution >= 0.6 is 15.9 Å². The fraction of sp³-hybridized carbons (Fsp3) is 0.333. The number of hydrogen-bond acceptors (Lipinski definition) is 2. The summed E-state index contributed by atoms with van der Waals surface area (Å²) < 4.78 is 6.75. The molecule has 0 fully saturated rings. The summed E-state index contributed by atoms with van der Waals surface area (Å²) in [6, 6.07) is 8.65. The van der Waals surface area contributed by atoms with E-state index >= 15 is 0 Å². The Hall–Kier alpha value is -1.06. The van der Waals surface area contributed by atoms with Gasteiger partial charge in [-0.1, -0.05) is 33.6 Å². The number of nitrogens with one attached hydrogen (secondary N) is 1. The lowest BCUT2D eigenvalue weighted by atomic mass is 9.98. The Bertz CT molecular complexity index is 560. The number of aryl methyl sites for hydroxylation is 3. The highest BCUT2D eigenvalue weighted by Crippen LogP contribution is 2.32. The Morgan fingerprint density at radius 1 is 1.11 bits per heavy atom. The first kappa shape index (κ1) is 13.4. The Labute approximate surface area is 117 Å². The Balaban J connectivity index is 2.51. The molecule has 1 N–H and O–H groups in total. The van der Waals surface area contributed by atoms with E-state index in [1.54, 1.807) is 0 Å². The molecule has 1 aromatic heterocycles. The van der Waals surface area contributed by atoms with Gasteiger partial charge in [-0.25, -0.2) is 0 Å². The minimum atomic E-state index is 0.150. The fourth-order valence-electron chi connectivity index (χ4n) is 2.30. The molecule has 0 spiro atoms. The summed E-state index contributed by atoms with van der Waals surface area (Å²) in [7, 11) is 1.97. The van der Waals surface area contributed by atoms with Crippen LogP contribution in [-0.2, 0) is 0 Å². The highest BCUT2D eigenvalue weighted by atomic mass is 79.9. The first-order valence-electron chi connectivity index (χ1n) is 6.03. The van der Waals surface area contributed by atoms with Crippen LogP contribution in [-0.4, -0.2) is 7.05 Å². The van der Waals surface area contributed by atoms with Crippen molar-refractivity contribution in [1.29, 1.82) is 0 Å². The van der Waals surface area contributed by atoms with Gasteiger partial charge in [0, 0.05) is 10.0 Å². The van der Waals surface area contributed by atoms with Crippen molar-refractivity contribution in [2.24, 2.45) is 0 Å². The van der Waals surface area contributed by atoms with Gasteiger partial charge in [0.1, 0.15) is 11.5 Å². The third-order valence-corrected chi connectivity index (χ3v) is 3.86. The second-order valence-corrected chi connectivity index (χ2v) is 5.47. The number of benzene rings is 1. The van der Waals surface area contributed by atoms with Crippen LogP contribution in [0.25, 0.3) is 0 Å². The largest absolute Gasteiger partial charge is 0.466 e. The predicted octanol–water partition coefficient (Wildman–Crippen LogP) is 4.28. The average molecular weight is 308 g/mol. The van der Waals surface area contributed by atoms with Crippen molar-refractivity contribution in [1.82, 2.24) is 5.32 Å². The molecule has 96 valence electrons. The highest BCUT2D eigenvalue weighted by molar-refractivity contribution is 9.10. The molecule has 0 bridgehead atoms. The van der Waals surface area contributed by atoms with E-state index < -0.39 is 0 Å². The maximum Gasteiger partial charge on any atom is 0.106 e. The summed E-state index contributed by atoms with van der Waals surface area (Å²) in [5.41, 5.74) is 3.69. The van der Waals surface area contributed by atoms with E-state index in [2.05, 4.69) is 52.4 Å². The van der Waals surface area contributed by atoms with Crippen molar-refractivity contribution in [3.8, 4) is 0 Å². The van der Waals surface area contributed by atoms with Gasteiger partial charge in [-0.05, 0) is 45.5 Å². The van der Waals surface area contributed by atoms with E-state index in [0.29, 0.717) is 0 Å². The van der Waals surface area contributed by atoms with Gasteiger partial charge in [0.05, 0.1) is 6.04 Å². The van der Waals surface area contributed by atoms with E-state index in [9.17, 15) is 0 Å². The van der Waals surface area contributed by atoms with Gasteiger partial charge < -0.3 is 9.73 Å². The molecule has 0 aliphatic heterocycles. The third-order valence-electron chi connectivity index (χ3n) is 3.14. The summed E-state index contributed by atoms with van der Waals surface area (Å²) in [5, 5.41) is 3.37. The van der Waals surface area contributed by atoms with Crippen molar-refractivity contribution < 1.29 is 4.42 Å². The van der Waals surface area contributed by atoms with Gasteiger partial charge in [-0.3, -0.25) is 0 Å². The van der Waals surface area contributed by atoms with Crippen LogP contribution in [0.4, 0.5) is 0 Å². The summed E-state index contributed by atoms with van der Waals surface area (Å²) in [6.07, 6.45) is 0. The van der Waals surface area contributed by atoms with Crippen LogP contribution in [0.15, 0.2) is 33.2 Å². The van der Waals surface area contributed by atoms with Crippen LogP contribution in [0.3, 0.4) is 0 Å². The molecule has 0 saturated carbocycles. The van der Waals surface area contributed by atoms with E-state index in [1.807, 2.05) is 20.9 Å². The van der Waals surface area contributed by atoms with Crippen LogP contribution < -0.4 is 5.32 Å². The average Bonchev–Trinajstić information content (AvgIpc) is 2.64. The molecular formula is C15H18BrNO. The molecule has 3 heteroatoms. The molecule has 0 saturated heterocycles. The Kier molecular flexibility index (Phi) is 3.93. The van der Waals surface area contributed by atoms with Gasteiger partial charge in [0.2, 0.25) is 0 Å². The topological polar surface area (TPSA) is 25.2 Å². The molecule has 0 aliphatic carbocycles. The van der Waals surface area contributed by atoms with Gasteiger partial charge in [-0.2, -0.15) is 0 Å². The molecular weight excluding hydrogens is 290 g/mol. The molecule has 0 aliphatic rings. The van der Waals surface area contributed by atoms with Crippen molar-refractivity contribution in [3.63, 3.8) is 0 Å². The SMILES string of the molecule is CNC(c1cc(C)ccc1Br)c1cc(C)oc1C. The summed E-state index contributed by atoms with van der Waals surface area (Å²) in [5.74, 6) is 1.92. The van der Waals surface area contributed by atoms with E-state index in [-0.39, 0.29) is 6.04 Å². The van der Waals surface area contributed by atoms with Crippen molar-refractivity contribution in [2.45, 2.75) is 26.8 Å². The molecule has 1 aromatic carbocycles. The highest BCUT2D eigenvalue weighted by Gasteiger charge is 2.19. The smallest absolute Gasteiger partial charge is 0.106 e. The number of halogens is 1. The lowest BCUT2D eigenvalue weighted by molar-refractivity contribution is 0.496. The minimum Gasteiger partial charge on any atom is -0.466 e. The quantitative estimate of drug-likeness (QED) is 0.915. The van der Waals surface area contributed by atoms with Crippen molar-refractivity contribution in [3.05, 3.63) is 56.9 Å². The van der Waals surface area contributed by atoms with Gasteiger partial charge in [0.15, 0.2) is 0 Å². The van der Waals surface area contributed by atoms with E-state index in [4.69, 9.17) is 4.42 Å². The zero-order chi connectivity index (χ0) is 13.3. The maximum atomic E-state index is 5.63. The monoisotopic (exact) mass is 307 g/mol. The van der Waals surface area contributed by atoms with E-state index in [1.165, 1.54) is 16.7 Å². The summed E-state index contributed by atoms with van der Waals surface area (Å²) >= 11 is 3.63. The second kappa shape index (κ2) is 5.29. The maximum absolute atomic E-state index is 5.63. The van der Waals surface area contributed by atoms with Crippen LogP contribution in [0.1, 0.15) is 34.3 Å². The van der Waals surface area contributed by atoms with E-state index in [0.717, 1.165) is 16.0 Å². The molecule has 2 rings (SSSR count). The zero-order valence-electron chi connectivity index (χ0n) is 11.2. The van der Waals surface area contributed by atoms with Gasteiger partial charge in [-0.15, -0.1) is 0 Å². The Morgan fingerprint density at radius 2 is 1.83 bits per heavy atom. The normalized spacial score (nSPS) is 12.7. The van der Waals surface area contributed by atoms with Crippen molar-refractivity contribution in [2.75, 3.05) is 7.05 Å². The fourth-order valence-corrected chi connectivity index (χ4v) is 2.78. The molecule has 0 amide bonds. The summed E-state index contributed by atoms with van der Waals surface area (Å²) in [6.45, 7) is 6.10. The standard InChI is InChI=1S/C15H18BrNO/c1-9-5-6-14(16)13(7-9)15(17-4)12-8-10(2)18-11(12)3/h5-8,15,17H,1-4H3. The molecule has 1 atom stereocenters. The lowest BCUT2D eigenvalue weighted by Crippen LogP contribution is -2.18. The minimum absolute atomic E-state index is 0.150. The van der Waals surface area contributed by atoms with Gasteiger partial charge >= 0.3 is 0 Å². The first-order chi connectivity index (χ1) is 8.52. The number of rotatable bonds is 3. The third kappa shape index (κ3) is 2.52. The van der Waals surface area contributed by atoms with Gasteiger partial charge in [0.25, 0.3) is 0 Å². The molecule has 1 unspecified atom stereocenters. The van der Waals surface area contributed by atoms with Crippen LogP contribution in [0, 0.1) is 20.8 Å². The number of hydrogen-bond donors (Lipinski definition) is 1. The number of furan rings is 1. The van der Waals surface area contributed by atoms with Crippen LogP contribution in [0.5, 0.6) is 0 Å². The second-order valence-electron chi connectivity index (χ2n) is 4.62. The molecule has 2 aromatic rings.